The predicted octanol–water partition coefficient (Wildman–Crippen LogP) is 2.12. The summed E-state index contributed by atoms with van der Waals surface area (Å²) in [6.45, 7) is 3.28. The Morgan fingerprint density at radius 3 is 2.56 bits per heavy atom. The van der Waals surface area contributed by atoms with E-state index in [4.69, 9.17) is 27.9 Å². The summed E-state index contributed by atoms with van der Waals surface area (Å²) in [5.41, 5.74) is -0.0415. The SMILES string of the molecule is CCc1[nH][nH]c(=O)c1C(=O)c1ccc(Cl)c(OCCNS(=O)(=O)CC)c1Cl. The van der Waals surface area contributed by atoms with Crippen LogP contribution in [0, 0.1) is 0 Å². The average molecular weight is 436 g/mol. The molecule has 0 saturated heterocycles. The van der Waals surface area contributed by atoms with E-state index in [0.717, 1.165) is 0 Å². The molecule has 1 aromatic carbocycles. The Bertz CT molecular complexity index is 998. The fraction of sp³-hybridized carbons (Fsp3) is 0.375. The number of aromatic nitrogens is 2. The maximum Gasteiger partial charge on any atom is 0.275 e. The van der Waals surface area contributed by atoms with Crippen molar-refractivity contribution in [3.05, 3.63) is 49.4 Å². The van der Waals surface area contributed by atoms with Crippen LogP contribution in [0.3, 0.4) is 0 Å². The number of aromatic amines is 2. The van der Waals surface area contributed by atoms with Crippen molar-refractivity contribution < 1.29 is 17.9 Å². The minimum Gasteiger partial charge on any atom is -0.489 e. The number of carbonyl (C=O) groups is 1. The molecule has 0 bridgehead atoms. The van der Waals surface area contributed by atoms with Gasteiger partial charge in [-0.25, -0.2) is 13.1 Å². The van der Waals surface area contributed by atoms with Crippen LogP contribution in [0.5, 0.6) is 5.75 Å². The first-order valence-corrected chi connectivity index (χ1v) is 10.5. The second kappa shape index (κ2) is 8.92. The second-order valence-electron chi connectivity index (χ2n) is 5.50. The molecule has 0 saturated carbocycles. The van der Waals surface area contributed by atoms with E-state index in [9.17, 15) is 18.0 Å². The zero-order chi connectivity index (χ0) is 20.2. The van der Waals surface area contributed by atoms with Gasteiger partial charge in [-0.05, 0) is 25.5 Å². The van der Waals surface area contributed by atoms with Gasteiger partial charge in [0.1, 0.15) is 12.2 Å². The number of ketones is 1. The van der Waals surface area contributed by atoms with E-state index in [1.165, 1.54) is 19.1 Å². The van der Waals surface area contributed by atoms with Crippen LogP contribution in [-0.2, 0) is 16.4 Å². The van der Waals surface area contributed by atoms with Crippen molar-refractivity contribution in [2.24, 2.45) is 0 Å². The summed E-state index contributed by atoms with van der Waals surface area (Å²) in [6.07, 6.45) is 0.450. The van der Waals surface area contributed by atoms with Gasteiger partial charge in [-0.1, -0.05) is 30.1 Å². The highest BCUT2D eigenvalue weighted by atomic mass is 35.5. The molecule has 148 valence electrons. The number of H-pyrrole nitrogens is 2. The van der Waals surface area contributed by atoms with Crippen LogP contribution in [0.15, 0.2) is 16.9 Å². The minimum absolute atomic E-state index is 0.0124. The normalized spacial score (nSPS) is 11.6. The van der Waals surface area contributed by atoms with Crippen LogP contribution in [0.25, 0.3) is 0 Å². The number of carbonyl (C=O) groups excluding carboxylic acids is 1. The quantitative estimate of drug-likeness (QED) is 0.411. The Labute approximate surface area is 166 Å². The van der Waals surface area contributed by atoms with E-state index in [-0.39, 0.29) is 45.8 Å². The van der Waals surface area contributed by atoms with Gasteiger partial charge in [0, 0.05) is 17.8 Å². The molecule has 0 aliphatic heterocycles. The number of hydrogen-bond acceptors (Lipinski definition) is 5. The van der Waals surface area contributed by atoms with Crippen molar-refractivity contribution in [1.29, 1.82) is 0 Å². The Kier molecular flexibility index (Phi) is 7.10. The lowest BCUT2D eigenvalue weighted by atomic mass is 10.0. The molecule has 0 aliphatic carbocycles. The highest BCUT2D eigenvalue weighted by molar-refractivity contribution is 7.89. The van der Waals surface area contributed by atoms with Gasteiger partial charge in [0.2, 0.25) is 15.8 Å². The number of aryl methyl sites for hydroxylation is 1. The highest BCUT2D eigenvalue weighted by Gasteiger charge is 2.24. The maximum absolute atomic E-state index is 12.8. The van der Waals surface area contributed by atoms with Crippen LogP contribution >= 0.6 is 23.2 Å². The first-order chi connectivity index (χ1) is 12.7. The minimum atomic E-state index is -3.35. The van der Waals surface area contributed by atoms with E-state index < -0.39 is 21.4 Å². The fourth-order valence-electron chi connectivity index (χ4n) is 2.33. The largest absolute Gasteiger partial charge is 0.489 e. The summed E-state index contributed by atoms with van der Waals surface area (Å²) in [7, 11) is -3.35. The van der Waals surface area contributed by atoms with Gasteiger partial charge in [0.25, 0.3) is 5.56 Å². The standard InChI is InChI=1S/C16H19Cl2N3O5S/c1-3-11-12(16(23)21-20-11)14(22)9-5-6-10(17)15(13(9)18)26-8-7-19-27(24,25)4-2/h5-6,19H,3-4,7-8H2,1-2H3,(H2,20,21,23). The van der Waals surface area contributed by atoms with Gasteiger partial charge in [0.05, 0.1) is 15.8 Å². The van der Waals surface area contributed by atoms with Crippen LogP contribution in [-0.4, -0.2) is 43.3 Å². The molecule has 0 spiro atoms. The summed E-state index contributed by atoms with van der Waals surface area (Å²) in [4.78, 5) is 24.7. The van der Waals surface area contributed by atoms with Gasteiger partial charge < -0.3 is 9.84 Å². The smallest absolute Gasteiger partial charge is 0.275 e. The van der Waals surface area contributed by atoms with Gasteiger partial charge in [-0.3, -0.25) is 14.7 Å². The molecule has 8 nitrogen and oxygen atoms in total. The molecule has 0 aliphatic rings. The molecular weight excluding hydrogens is 417 g/mol. The van der Waals surface area contributed by atoms with E-state index in [0.29, 0.717) is 12.1 Å². The summed E-state index contributed by atoms with van der Waals surface area (Å²) < 4.78 is 30.6. The van der Waals surface area contributed by atoms with Gasteiger partial charge in [-0.2, -0.15) is 0 Å². The molecular formula is C16H19Cl2N3O5S. The predicted molar refractivity (Wildman–Crippen MR) is 104 cm³/mol. The number of benzene rings is 1. The van der Waals surface area contributed by atoms with Crippen molar-refractivity contribution in [3.8, 4) is 5.75 Å². The van der Waals surface area contributed by atoms with E-state index in [2.05, 4.69) is 14.9 Å². The third-order valence-corrected chi connectivity index (χ3v) is 5.86. The molecule has 3 N–H and O–H groups in total. The Morgan fingerprint density at radius 2 is 1.93 bits per heavy atom. The lowest BCUT2D eigenvalue weighted by Crippen LogP contribution is -2.29. The molecule has 1 aromatic heterocycles. The summed E-state index contributed by atoms with van der Waals surface area (Å²) in [5, 5.41) is 5.15. The van der Waals surface area contributed by atoms with Gasteiger partial charge in [-0.15, -0.1) is 0 Å². The molecule has 11 heteroatoms. The van der Waals surface area contributed by atoms with Crippen molar-refractivity contribution in [2.75, 3.05) is 18.9 Å². The van der Waals surface area contributed by atoms with Crippen LogP contribution in [0.1, 0.15) is 35.5 Å². The van der Waals surface area contributed by atoms with Crippen LogP contribution in [0.4, 0.5) is 0 Å². The molecule has 0 fully saturated rings. The summed E-state index contributed by atoms with van der Waals surface area (Å²) in [5.74, 6) is -0.568. The second-order valence-corrected chi connectivity index (χ2v) is 8.38. The summed E-state index contributed by atoms with van der Waals surface area (Å²) in [6, 6.07) is 2.84. The molecule has 2 aromatic rings. The zero-order valence-corrected chi connectivity index (χ0v) is 17.0. The lowest BCUT2D eigenvalue weighted by molar-refractivity contribution is 0.103. The van der Waals surface area contributed by atoms with Crippen molar-refractivity contribution in [2.45, 2.75) is 20.3 Å². The average Bonchev–Trinajstić information content (AvgIpc) is 3.01. The Balaban J connectivity index is 2.26. The van der Waals surface area contributed by atoms with Crippen LogP contribution in [0.2, 0.25) is 10.0 Å². The topological polar surface area (TPSA) is 121 Å². The first-order valence-electron chi connectivity index (χ1n) is 8.14. The Morgan fingerprint density at radius 1 is 1.22 bits per heavy atom. The van der Waals surface area contributed by atoms with E-state index >= 15 is 0 Å². The van der Waals surface area contributed by atoms with Crippen molar-refractivity contribution in [3.63, 3.8) is 0 Å². The molecule has 2 rings (SSSR count). The van der Waals surface area contributed by atoms with E-state index in [1.54, 1.807) is 6.92 Å². The number of nitrogens with one attached hydrogen (secondary N) is 3. The molecule has 1 heterocycles. The Hall–Kier alpha value is -1.81. The number of halogens is 2. The van der Waals surface area contributed by atoms with Crippen molar-refractivity contribution in [1.82, 2.24) is 14.9 Å². The maximum atomic E-state index is 12.8. The summed E-state index contributed by atoms with van der Waals surface area (Å²) >= 11 is 12.4. The zero-order valence-electron chi connectivity index (χ0n) is 14.7. The first kappa shape index (κ1) is 21.5. The number of rotatable bonds is 9. The lowest BCUT2D eigenvalue weighted by Gasteiger charge is -2.13. The van der Waals surface area contributed by atoms with E-state index in [1.807, 2.05) is 0 Å². The number of sulfonamides is 1. The van der Waals surface area contributed by atoms with Gasteiger partial charge in [0.15, 0.2) is 5.75 Å². The monoisotopic (exact) mass is 435 g/mol. The highest BCUT2D eigenvalue weighted by Crippen LogP contribution is 2.36. The molecule has 0 amide bonds. The molecule has 27 heavy (non-hydrogen) atoms. The molecule has 0 radical (unpaired) electrons. The molecule has 0 atom stereocenters. The number of ether oxygens (including phenoxy) is 1. The molecule has 0 unspecified atom stereocenters. The third kappa shape index (κ3) is 4.92. The third-order valence-electron chi connectivity index (χ3n) is 3.78. The van der Waals surface area contributed by atoms with Gasteiger partial charge >= 0.3 is 0 Å². The van der Waals surface area contributed by atoms with Crippen LogP contribution < -0.4 is 15.0 Å². The van der Waals surface area contributed by atoms with Crippen molar-refractivity contribution >= 4 is 39.0 Å². The number of hydrogen-bond donors (Lipinski definition) is 3. The fourth-order valence-corrected chi connectivity index (χ4v) is 3.49.